The highest BCUT2D eigenvalue weighted by molar-refractivity contribution is 7.20. The minimum Gasteiger partial charge on any atom is -0.374 e. The largest absolute Gasteiger partial charge is 0.374 e. The molecular weight excluding hydrogens is 326 g/mol. The van der Waals surface area contributed by atoms with Crippen molar-refractivity contribution in [2.24, 2.45) is 7.05 Å². The molecular formula is C17H21N3O3S. The van der Waals surface area contributed by atoms with Gasteiger partial charge in [-0.25, -0.2) is 4.98 Å². The van der Waals surface area contributed by atoms with Gasteiger partial charge in [0.15, 0.2) is 0 Å². The van der Waals surface area contributed by atoms with Gasteiger partial charge in [-0.2, -0.15) is 0 Å². The predicted molar refractivity (Wildman–Crippen MR) is 92.6 cm³/mol. The molecule has 0 unspecified atom stereocenters. The third kappa shape index (κ3) is 2.38. The first kappa shape index (κ1) is 15.8. The van der Waals surface area contributed by atoms with E-state index in [0.29, 0.717) is 28.2 Å². The second kappa shape index (κ2) is 5.97. The molecule has 2 aromatic rings. The summed E-state index contributed by atoms with van der Waals surface area (Å²) in [5.41, 5.74) is 0.665. The number of aryl methyl sites for hydroxylation is 2. The Morgan fingerprint density at radius 1 is 1.38 bits per heavy atom. The van der Waals surface area contributed by atoms with E-state index in [9.17, 15) is 9.59 Å². The van der Waals surface area contributed by atoms with Gasteiger partial charge in [0.2, 0.25) is 0 Å². The van der Waals surface area contributed by atoms with E-state index in [1.807, 2.05) is 11.8 Å². The maximum atomic E-state index is 13.2. The van der Waals surface area contributed by atoms with E-state index < -0.39 is 0 Å². The van der Waals surface area contributed by atoms with E-state index in [1.54, 1.807) is 7.05 Å². The van der Waals surface area contributed by atoms with Gasteiger partial charge in [0.1, 0.15) is 4.83 Å². The number of amides is 1. The molecule has 1 saturated heterocycles. The number of hydrogen-bond donors (Lipinski definition) is 0. The number of ether oxygens (including phenoxy) is 1. The number of carbonyl (C=O) groups is 1. The van der Waals surface area contributed by atoms with Crippen LogP contribution in [-0.2, 0) is 11.8 Å². The van der Waals surface area contributed by atoms with Crippen LogP contribution >= 0.6 is 11.3 Å². The molecule has 6 nitrogen and oxygen atoms in total. The van der Waals surface area contributed by atoms with Crippen molar-refractivity contribution in [3.05, 3.63) is 27.1 Å². The van der Waals surface area contributed by atoms with Crippen LogP contribution < -0.4 is 5.56 Å². The molecule has 1 saturated carbocycles. The number of aromatic nitrogens is 2. The first-order valence-corrected chi connectivity index (χ1v) is 9.27. The van der Waals surface area contributed by atoms with Crippen LogP contribution in [0, 0.1) is 6.92 Å². The van der Waals surface area contributed by atoms with Crippen molar-refractivity contribution in [1.82, 2.24) is 14.5 Å². The summed E-state index contributed by atoms with van der Waals surface area (Å²) in [5.74, 6) is 0.0257. The van der Waals surface area contributed by atoms with Crippen molar-refractivity contribution in [2.75, 3.05) is 13.2 Å². The Balaban J connectivity index is 1.74. The maximum Gasteiger partial charge on any atom is 0.264 e. The first-order valence-electron chi connectivity index (χ1n) is 8.45. The zero-order valence-electron chi connectivity index (χ0n) is 13.9. The van der Waals surface area contributed by atoms with Gasteiger partial charge in [-0.1, -0.05) is 12.8 Å². The Hall–Kier alpha value is -1.73. The summed E-state index contributed by atoms with van der Waals surface area (Å²) < 4.78 is 7.33. The number of hydrogen-bond acceptors (Lipinski definition) is 5. The fourth-order valence-electron chi connectivity index (χ4n) is 3.89. The minimum atomic E-state index is -0.0923. The van der Waals surface area contributed by atoms with Crippen LogP contribution in [0.25, 0.3) is 10.2 Å². The van der Waals surface area contributed by atoms with Crippen LogP contribution in [0.1, 0.15) is 40.9 Å². The van der Waals surface area contributed by atoms with Crippen LogP contribution in [-0.4, -0.2) is 45.7 Å². The fraction of sp³-hybridized carbons (Fsp3) is 0.588. The summed E-state index contributed by atoms with van der Waals surface area (Å²) in [6.45, 7) is 3.07. The molecule has 0 radical (unpaired) electrons. The van der Waals surface area contributed by atoms with Crippen LogP contribution in [0.5, 0.6) is 0 Å². The van der Waals surface area contributed by atoms with Gasteiger partial charge in [0.25, 0.3) is 11.5 Å². The topological polar surface area (TPSA) is 64.4 Å². The molecule has 1 amide bonds. The number of thiophene rings is 1. The average Bonchev–Trinajstić information content (AvgIpc) is 2.94. The number of carbonyl (C=O) groups excluding carboxylic acids is 1. The quantitative estimate of drug-likeness (QED) is 0.792. The third-order valence-corrected chi connectivity index (χ3v) is 6.39. The van der Waals surface area contributed by atoms with Crippen LogP contribution in [0.2, 0.25) is 0 Å². The van der Waals surface area contributed by atoms with Crippen molar-refractivity contribution >= 4 is 27.5 Å². The lowest BCUT2D eigenvalue weighted by atomic mass is 9.90. The maximum absolute atomic E-state index is 13.2. The summed E-state index contributed by atoms with van der Waals surface area (Å²) in [5, 5.41) is 0.571. The Kier molecular flexibility index (Phi) is 3.92. The molecule has 2 fully saturated rings. The monoisotopic (exact) mass is 347 g/mol. The molecule has 0 spiro atoms. The second-order valence-electron chi connectivity index (χ2n) is 6.66. The summed E-state index contributed by atoms with van der Waals surface area (Å²) in [6.07, 6.45) is 6.02. The van der Waals surface area contributed by atoms with Crippen LogP contribution in [0.4, 0.5) is 0 Å². The van der Waals surface area contributed by atoms with Crippen LogP contribution in [0.3, 0.4) is 0 Å². The van der Waals surface area contributed by atoms with Crippen LogP contribution in [0.15, 0.2) is 11.1 Å². The number of morpholine rings is 1. The predicted octanol–water partition coefficient (Wildman–Crippen LogP) is 2.09. The highest BCUT2D eigenvalue weighted by Gasteiger charge is 2.38. The van der Waals surface area contributed by atoms with Gasteiger partial charge in [-0.3, -0.25) is 9.59 Å². The molecule has 1 aliphatic heterocycles. The van der Waals surface area contributed by atoms with Gasteiger partial charge < -0.3 is 14.2 Å². The molecule has 0 aromatic carbocycles. The summed E-state index contributed by atoms with van der Waals surface area (Å²) in [7, 11) is 1.68. The molecule has 1 aliphatic carbocycles. The molecule has 7 heteroatoms. The Labute approximate surface area is 144 Å². The average molecular weight is 347 g/mol. The van der Waals surface area contributed by atoms with Crippen molar-refractivity contribution in [3.8, 4) is 0 Å². The molecule has 2 aromatic heterocycles. The van der Waals surface area contributed by atoms with E-state index >= 15 is 0 Å². The van der Waals surface area contributed by atoms with Gasteiger partial charge in [-0.05, 0) is 25.3 Å². The number of rotatable bonds is 1. The molecule has 0 N–H and O–H groups in total. The number of nitrogens with zero attached hydrogens (tertiary/aromatic N) is 3. The van der Waals surface area contributed by atoms with Gasteiger partial charge >= 0.3 is 0 Å². The molecule has 2 aliphatic rings. The zero-order valence-corrected chi connectivity index (χ0v) is 14.8. The van der Waals surface area contributed by atoms with E-state index in [2.05, 4.69) is 4.98 Å². The highest BCUT2D eigenvalue weighted by Crippen LogP contribution is 2.33. The number of fused-ring (bicyclic) bond motifs is 2. The van der Waals surface area contributed by atoms with E-state index in [1.165, 1.54) is 28.7 Å². The summed E-state index contributed by atoms with van der Waals surface area (Å²) in [6, 6.07) is 0.167. The van der Waals surface area contributed by atoms with Crippen molar-refractivity contribution in [3.63, 3.8) is 0 Å². The fourth-order valence-corrected chi connectivity index (χ4v) is 4.99. The first-order chi connectivity index (χ1) is 11.6. The standard InChI is InChI=1S/C17H21N3O3S/c1-10-13-15(18-9-19(2)16(13)21)24-14(10)17(22)20-7-8-23-12-6-4-3-5-11(12)20/h9,11-12H,3-8H2,1-2H3/t11-,12+/m0/s1. The minimum absolute atomic E-state index is 0.0257. The lowest BCUT2D eigenvalue weighted by molar-refractivity contribution is -0.0751. The SMILES string of the molecule is Cc1c(C(=O)N2CCO[C@@H]3CCCC[C@@H]32)sc2ncn(C)c(=O)c12. The summed E-state index contributed by atoms with van der Waals surface area (Å²) in [4.78, 5) is 33.1. The molecule has 4 rings (SSSR count). The highest BCUT2D eigenvalue weighted by atomic mass is 32.1. The molecule has 0 bridgehead atoms. The third-order valence-electron chi connectivity index (χ3n) is 5.20. The molecule has 3 heterocycles. The van der Waals surface area contributed by atoms with Gasteiger partial charge in [0.05, 0.1) is 35.3 Å². The van der Waals surface area contributed by atoms with Crippen molar-refractivity contribution in [1.29, 1.82) is 0 Å². The van der Waals surface area contributed by atoms with Crippen molar-refractivity contribution < 1.29 is 9.53 Å². The Bertz CT molecular complexity index is 855. The second-order valence-corrected chi connectivity index (χ2v) is 7.66. The smallest absolute Gasteiger partial charge is 0.264 e. The molecule has 24 heavy (non-hydrogen) atoms. The summed E-state index contributed by atoms with van der Waals surface area (Å²) >= 11 is 1.33. The molecule has 128 valence electrons. The Morgan fingerprint density at radius 3 is 3.00 bits per heavy atom. The lowest BCUT2D eigenvalue weighted by Crippen LogP contribution is -2.54. The normalized spacial score (nSPS) is 24.2. The van der Waals surface area contributed by atoms with E-state index in [4.69, 9.17) is 4.74 Å². The van der Waals surface area contributed by atoms with Crippen molar-refractivity contribution in [2.45, 2.75) is 44.8 Å². The molecule has 2 atom stereocenters. The van der Waals surface area contributed by atoms with Gasteiger partial charge in [0, 0.05) is 13.6 Å². The lowest BCUT2D eigenvalue weighted by Gasteiger charge is -2.43. The van der Waals surface area contributed by atoms with Gasteiger partial charge in [-0.15, -0.1) is 11.3 Å². The van der Waals surface area contributed by atoms with E-state index in [-0.39, 0.29) is 23.6 Å². The Morgan fingerprint density at radius 2 is 2.17 bits per heavy atom. The van der Waals surface area contributed by atoms with E-state index in [0.717, 1.165) is 24.8 Å². The zero-order chi connectivity index (χ0) is 16.8.